The Morgan fingerprint density at radius 2 is 2.10 bits per heavy atom. The highest BCUT2D eigenvalue weighted by Gasteiger charge is 2.36. The molecule has 0 saturated heterocycles. The van der Waals surface area contributed by atoms with Crippen LogP contribution in [0.2, 0.25) is 0 Å². The molecule has 0 radical (unpaired) electrons. The van der Waals surface area contributed by atoms with E-state index in [4.69, 9.17) is 10.2 Å². The monoisotopic (exact) mass is 404 g/mol. The van der Waals surface area contributed by atoms with Gasteiger partial charge in [-0.25, -0.2) is 19.9 Å². The summed E-state index contributed by atoms with van der Waals surface area (Å²) in [7, 11) is 1.60. The van der Waals surface area contributed by atoms with E-state index in [1.807, 2.05) is 31.2 Å². The number of rotatable bonds is 5. The van der Waals surface area contributed by atoms with Gasteiger partial charge in [0.15, 0.2) is 11.7 Å². The summed E-state index contributed by atoms with van der Waals surface area (Å²) in [5.41, 5.74) is 7.44. The van der Waals surface area contributed by atoms with Gasteiger partial charge >= 0.3 is 0 Å². The number of Topliss-reactive ketones (excluding diaryl/α,β-unsaturated/α-hetero) is 1. The molecule has 30 heavy (non-hydrogen) atoms. The van der Waals surface area contributed by atoms with Gasteiger partial charge in [-0.3, -0.25) is 14.5 Å². The van der Waals surface area contributed by atoms with Crippen molar-refractivity contribution in [3.8, 4) is 11.6 Å². The number of carbonyl (C=O) groups excluding carboxylic acids is 2. The molecule has 0 fully saturated rings. The van der Waals surface area contributed by atoms with E-state index >= 15 is 0 Å². The molecule has 2 N–H and O–H groups in total. The Morgan fingerprint density at radius 1 is 1.27 bits per heavy atom. The molecule has 9 nitrogen and oxygen atoms in total. The number of aromatic nitrogens is 3. The number of hydrogen-bond acceptors (Lipinski definition) is 8. The van der Waals surface area contributed by atoms with Gasteiger partial charge in [0.25, 0.3) is 0 Å². The van der Waals surface area contributed by atoms with Gasteiger partial charge in [0, 0.05) is 13.5 Å². The molecule has 1 amide bonds. The molecule has 1 aliphatic heterocycles. The number of oxazole rings is 1. The number of carbonyl (C=O) groups is 2. The summed E-state index contributed by atoms with van der Waals surface area (Å²) < 4.78 is 5.17. The summed E-state index contributed by atoms with van der Waals surface area (Å²) >= 11 is 0. The summed E-state index contributed by atoms with van der Waals surface area (Å²) in [6, 6.07) is 7.45. The molecule has 0 bridgehead atoms. The Balaban J connectivity index is 1.53. The van der Waals surface area contributed by atoms with Crippen LogP contribution in [-0.2, 0) is 16.8 Å². The van der Waals surface area contributed by atoms with Crippen LogP contribution in [-0.4, -0.2) is 44.5 Å². The zero-order valence-electron chi connectivity index (χ0n) is 16.6. The number of nitrogens with two attached hydrogens (primary N) is 1. The van der Waals surface area contributed by atoms with Gasteiger partial charge in [-0.15, -0.1) is 0 Å². The highest BCUT2D eigenvalue weighted by molar-refractivity contribution is 5.99. The molecule has 152 valence electrons. The Bertz CT molecular complexity index is 1120. The van der Waals surface area contributed by atoms with Gasteiger partial charge in [-0.2, -0.15) is 0 Å². The second-order valence-corrected chi connectivity index (χ2v) is 7.30. The molecule has 0 aliphatic carbocycles. The van der Waals surface area contributed by atoms with Gasteiger partial charge < -0.3 is 10.2 Å². The minimum Gasteiger partial charge on any atom is -0.443 e. The fourth-order valence-corrected chi connectivity index (χ4v) is 3.30. The van der Waals surface area contributed by atoms with Gasteiger partial charge in [-0.1, -0.05) is 24.3 Å². The second-order valence-electron chi connectivity index (χ2n) is 7.30. The number of ketones is 1. The van der Waals surface area contributed by atoms with Crippen molar-refractivity contribution < 1.29 is 14.0 Å². The Labute approximate surface area is 172 Å². The van der Waals surface area contributed by atoms with Crippen molar-refractivity contribution in [1.82, 2.24) is 19.9 Å². The quantitative estimate of drug-likeness (QED) is 0.644. The Hall–Kier alpha value is -3.88. The summed E-state index contributed by atoms with van der Waals surface area (Å²) in [4.78, 5) is 43.1. The molecule has 1 aliphatic rings. The van der Waals surface area contributed by atoms with Crippen LogP contribution in [0.3, 0.4) is 0 Å². The SMILES string of the molecule is CN1C(=O)CC(C)(c2cccc(CC(=O)c3cnc(-c4ncco4)cn3)c2)N=C1N. The minimum atomic E-state index is -0.774. The van der Waals surface area contributed by atoms with Crippen LogP contribution in [0.15, 0.2) is 58.5 Å². The minimum absolute atomic E-state index is 0.104. The van der Waals surface area contributed by atoms with Crippen molar-refractivity contribution in [2.45, 2.75) is 25.3 Å². The number of aliphatic imine (C=N–C) groups is 1. The molecule has 0 spiro atoms. The van der Waals surface area contributed by atoms with Crippen molar-refractivity contribution in [2.24, 2.45) is 10.7 Å². The first-order valence-corrected chi connectivity index (χ1v) is 9.32. The maximum atomic E-state index is 12.7. The van der Waals surface area contributed by atoms with E-state index in [1.54, 1.807) is 7.05 Å². The molecule has 4 rings (SSSR count). The summed E-state index contributed by atoms with van der Waals surface area (Å²) in [5.74, 6) is 0.241. The van der Waals surface area contributed by atoms with Crippen LogP contribution < -0.4 is 5.73 Å². The van der Waals surface area contributed by atoms with Crippen molar-refractivity contribution in [2.75, 3.05) is 7.05 Å². The molecule has 3 heterocycles. The molecular weight excluding hydrogens is 384 g/mol. The largest absolute Gasteiger partial charge is 0.443 e. The first-order valence-electron chi connectivity index (χ1n) is 9.32. The van der Waals surface area contributed by atoms with Crippen LogP contribution in [0.5, 0.6) is 0 Å². The number of amides is 1. The highest BCUT2D eigenvalue weighted by atomic mass is 16.3. The molecule has 2 aromatic heterocycles. The summed E-state index contributed by atoms with van der Waals surface area (Å²) in [6.45, 7) is 1.86. The van der Waals surface area contributed by atoms with Gasteiger partial charge in [-0.05, 0) is 18.1 Å². The van der Waals surface area contributed by atoms with E-state index in [9.17, 15) is 9.59 Å². The predicted octanol–water partition coefficient (Wildman–Crippen LogP) is 1.95. The molecule has 1 unspecified atom stereocenters. The number of nitrogens with zero attached hydrogens (tertiary/aromatic N) is 5. The first-order chi connectivity index (χ1) is 14.4. The standard InChI is InChI=1S/C21H20N6O3/c1-21(10-18(29)27(2)20(22)26-21)14-5-3-4-13(8-14)9-17(28)15-11-25-16(12-24-15)19-23-6-7-30-19/h3-8,11-12H,9-10H2,1-2H3,(H2,22,26). The van der Waals surface area contributed by atoms with E-state index in [1.165, 1.54) is 29.8 Å². The summed E-state index contributed by atoms with van der Waals surface area (Å²) in [6.07, 6.45) is 6.17. The topological polar surface area (TPSA) is 128 Å². The second kappa shape index (κ2) is 7.51. The molecular formula is C21H20N6O3. The van der Waals surface area contributed by atoms with Crippen LogP contribution >= 0.6 is 0 Å². The first kappa shape index (κ1) is 19.4. The van der Waals surface area contributed by atoms with E-state index in [2.05, 4.69) is 19.9 Å². The maximum Gasteiger partial charge on any atom is 0.246 e. The third kappa shape index (κ3) is 3.69. The Morgan fingerprint density at radius 3 is 2.77 bits per heavy atom. The van der Waals surface area contributed by atoms with E-state index in [0.717, 1.165) is 11.1 Å². The third-order valence-corrected chi connectivity index (χ3v) is 5.08. The molecule has 1 atom stereocenters. The molecule has 3 aromatic rings. The highest BCUT2D eigenvalue weighted by Crippen LogP contribution is 2.33. The maximum absolute atomic E-state index is 12.7. The lowest BCUT2D eigenvalue weighted by atomic mass is 9.86. The summed E-state index contributed by atoms with van der Waals surface area (Å²) in [5, 5.41) is 0. The van der Waals surface area contributed by atoms with E-state index < -0.39 is 5.54 Å². The number of hydrogen-bond donors (Lipinski definition) is 1. The van der Waals surface area contributed by atoms with Crippen molar-refractivity contribution in [3.63, 3.8) is 0 Å². The van der Waals surface area contributed by atoms with Crippen molar-refractivity contribution >= 4 is 17.6 Å². The van der Waals surface area contributed by atoms with Crippen LogP contribution in [0, 0.1) is 0 Å². The molecule has 0 saturated carbocycles. The lowest BCUT2D eigenvalue weighted by Crippen LogP contribution is -2.47. The zero-order chi connectivity index (χ0) is 21.3. The number of guanidine groups is 1. The van der Waals surface area contributed by atoms with Gasteiger partial charge in [0.2, 0.25) is 11.8 Å². The fourth-order valence-electron chi connectivity index (χ4n) is 3.30. The Kier molecular flexibility index (Phi) is 4.86. The van der Waals surface area contributed by atoms with E-state index in [0.29, 0.717) is 11.6 Å². The fraction of sp³-hybridized carbons (Fsp3) is 0.238. The lowest BCUT2D eigenvalue weighted by Gasteiger charge is -2.33. The normalized spacial score (nSPS) is 18.9. The van der Waals surface area contributed by atoms with Crippen molar-refractivity contribution in [3.05, 3.63) is 65.9 Å². The van der Waals surface area contributed by atoms with Crippen molar-refractivity contribution in [1.29, 1.82) is 0 Å². The van der Waals surface area contributed by atoms with Gasteiger partial charge in [0.1, 0.15) is 17.7 Å². The lowest BCUT2D eigenvalue weighted by molar-refractivity contribution is -0.128. The van der Waals surface area contributed by atoms with Gasteiger partial charge in [0.05, 0.1) is 30.6 Å². The average molecular weight is 404 g/mol. The van der Waals surface area contributed by atoms with Crippen LogP contribution in [0.4, 0.5) is 0 Å². The predicted molar refractivity (Wildman–Crippen MR) is 108 cm³/mol. The molecule has 1 aromatic carbocycles. The van der Waals surface area contributed by atoms with Crippen LogP contribution in [0.25, 0.3) is 11.6 Å². The molecule has 9 heteroatoms. The zero-order valence-corrected chi connectivity index (χ0v) is 16.6. The third-order valence-electron chi connectivity index (χ3n) is 5.08. The van der Waals surface area contributed by atoms with Crippen LogP contribution in [0.1, 0.15) is 35.0 Å². The smallest absolute Gasteiger partial charge is 0.246 e. The average Bonchev–Trinajstić information content (AvgIpc) is 3.27. The van der Waals surface area contributed by atoms with E-state index in [-0.39, 0.29) is 36.2 Å². The number of benzene rings is 1.